The van der Waals surface area contributed by atoms with E-state index in [4.69, 9.17) is 4.74 Å². The molecule has 2 heterocycles. The van der Waals surface area contributed by atoms with Gasteiger partial charge in [0.15, 0.2) is 0 Å². The Balaban J connectivity index is 2.05. The van der Waals surface area contributed by atoms with Gasteiger partial charge in [-0.25, -0.2) is 4.79 Å². The van der Waals surface area contributed by atoms with Crippen molar-refractivity contribution >= 4 is 0 Å². The molecule has 21 heavy (non-hydrogen) atoms. The Labute approximate surface area is 123 Å². The standard InChI is InChI=1S/C15H22N2O4/c1-3-4-5-6-11(18)12-7-8-13(21-12)17-9-10(2)14(19)16-15(17)20/h4-5,9,11-13,18H,3,6-8H2,1-2H3,(H,16,19,20)/b5-4-. The smallest absolute Gasteiger partial charge is 0.330 e. The van der Waals surface area contributed by atoms with Crippen molar-refractivity contribution in [3.05, 3.63) is 44.8 Å². The number of aliphatic hydroxyl groups excluding tert-OH is 1. The minimum Gasteiger partial charge on any atom is -0.390 e. The van der Waals surface area contributed by atoms with Crippen LogP contribution in [-0.2, 0) is 4.74 Å². The predicted octanol–water partition coefficient (Wildman–Crippen LogP) is 1.24. The van der Waals surface area contributed by atoms with Crippen LogP contribution in [0.3, 0.4) is 0 Å². The van der Waals surface area contributed by atoms with Gasteiger partial charge in [-0.2, -0.15) is 0 Å². The van der Waals surface area contributed by atoms with Gasteiger partial charge >= 0.3 is 5.69 Å². The number of aromatic nitrogens is 2. The lowest BCUT2D eigenvalue weighted by molar-refractivity contribution is -0.0594. The van der Waals surface area contributed by atoms with Gasteiger partial charge in [-0.15, -0.1) is 0 Å². The highest BCUT2D eigenvalue weighted by Crippen LogP contribution is 2.29. The molecule has 1 fully saturated rings. The highest BCUT2D eigenvalue weighted by molar-refractivity contribution is 5.01. The van der Waals surface area contributed by atoms with Gasteiger partial charge in [0, 0.05) is 11.8 Å². The van der Waals surface area contributed by atoms with E-state index in [0.717, 1.165) is 6.42 Å². The SMILES string of the molecule is CC/C=C\CC(O)C1CCC(n2cc(C)c(=O)[nH]c2=O)O1. The molecule has 1 aromatic rings. The molecular weight excluding hydrogens is 272 g/mol. The van der Waals surface area contributed by atoms with Crippen LogP contribution in [0.2, 0.25) is 0 Å². The molecule has 6 nitrogen and oxygen atoms in total. The van der Waals surface area contributed by atoms with Crippen molar-refractivity contribution in [1.29, 1.82) is 0 Å². The molecule has 0 bridgehead atoms. The molecule has 0 amide bonds. The molecule has 0 aliphatic carbocycles. The molecule has 0 saturated carbocycles. The number of nitrogens with one attached hydrogen (secondary N) is 1. The Hall–Kier alpha value is -1.66. The van der Waals surface area contributed by atoms with Crippen LogP contribution in [0.4, 0.5) is 0 Å². The Bertz CT molecular complexity index is 617. The number of H-pyrrole nitrogens is 1. The molecule has 3 unspecified atom stereocenters. The fourth-order valence-corrected chi connectivity index (χ4v) is 2.49. The first-order valence-electron chi connectivity index (χ1n) is 7.33. The molecule has 1 aliphatic heterocycles. The zero-order valence-corrected chi connectivity index (χ0v) is 12.4. The quantitative estimate of drug-likeness (QED) is 0.800. The van der Waals surface area contributed by atoms with E-state index in [0.29, 0.717) is 24.8 Å². The van der Waals surface area contributed by atoms with Gasteiger partial charge in [0.05, 0.1) is 12.2 Å². The molecule has 1 aliphatic rings. The van der Waals surface area contributed by atoms with Crippen molar-refractivity contribution in [3.8, 4) is 0 Å². The van der Waals surface area contributed by atoms with Gasteiger partial charge in [0.1, 0.15) is 6.23 Å². The van der Waals surface area contributed by atoms with E-state index in [2.05, 4.69) is 4.98 Å². The molecule has 0 aromatic carbocycles. The fraction of sp³-hybridized carbons (Fsp3) is 0.600. The summed E-state index contributed by atoms with van der Waals surface area (Å²) in [6.45, 7) is 3.68. The van der Waals surface area contributed by atoms with E-state index < -0.39 is 18.0 Å². The predicted molar refractivity (Wildman–Crippen MR) is 79.3 cm³/mol. The molecule has 0 radical (unpaired) electrons. The monoisotopic (exact) mass is 294 g/mol. The number of allylic oxidation sites excluding steroid dienone is 1. The topological polar surface area (TPSA) is 84.3 Å². The maximum absolute atomic E-state index is 11.8. The van der Waals surface area contributed by atoms with E-state index in [1.54, 1.807) is 6.92 Å². The summed E-state index contributed by atoms with van der Waals surface area (Å²) < 4.78 is 7.17. The summed E-state index contributed by atoms with van der Waals surface area (Å²) in [7, 11) is 0. The minimum atomic E-state index is -0.572. The van der Waals surface area contributed by atoms with Gasteiger partial charge in [0.2, 0.25) is 0 Å². The lowest BCUT2D eigenvalue weighted by Crippen LogP contribution is -2.34. The summed E-state index contributed by atoms with van der Waals surface area (Å²) in [6.07, 6.45) is 7.00. The van der Waals surface area contributed by atoms with Gasteiger partial charge in [-0.05, 0) is 32.6 Å². The third-order valence-electron chi connectivity index (χ3n) is 3.70. The number of rotatable bonds is 5. The molecule has 6 heteroatoms. The highest BCUT2D eigenvalue weighted by Gasteiger charge is 2.31. The third-order valence-corrected chi connectivity index (χ3v) is 3.70. The Morgan fingerprint density at radius 1 is 1.48 bits per heavy atom. The summed E-state index contributed by atoms with van der Waals surface area (Å²) >= 11 is 0. The second-order valence-corrected chi connectivity index (χ2v) is 5.37. The van der Waals surface area contributed by atoms with Crippen molar-refractivity contribution in [2.24, 2.45) is 0 Å². The van der Waals surface area contributed by atoms with Crippen LogP contribution in [0.5, 0.6) is 0 Å². The summed E-state index contributed by atoms with van der Waals surface area (Å²) in [4.78, 5) is 25.5. The van der Waals surface area contributed by atoms with Crippen LogP contribution in [0, 0.1) is 6.92 Å². The number of hydrogen-bond acceptors (Lipinski definition) is 4. The molecule has 1 aromatic heterocycles. The van der Waals surface area contributed by atoms with Gasteiger partial charge in [0.25, 0.3) is 5.56 Å². The average Bonchev–Trinajstić information content (AvgIpc) is 2.92. The normalized spacial score (nSPS) is 23.8. The largest absolute Gasteiger partial charge is 0.390 e. The van der Waals surface area contributed by atoms with Crippen LogP contribution in [0.25, 0.3) is 0 Å². The van der Waals surface area contributed by atoms with Crippen molar-refractivity contribution < 1.29 is 9.84 Å². The molecule has 1 saturated heterocycles. The van der Waals surface area contributed by atoms with Gasteiger partial charge < -0.3 is 9.84 Å². The summed E-state index contributed by atoms with van der Waals surface area (Å²) in [5, 5.41) is 10.1. The maximum atomic E-state index is 11.8. The number of aromatic amines is 1. The maximum Gasteiger partial charge on any atom is 0.330 e. The Morgan fingerprint density at radius 2 is 2.24 bits per heavy atom. The summed E-state index contributed by atoms with van der Waals surface area (Å²) in [6, 6.07) is 0. The van der Waals surface area contributed by atoms with Crippen LogP contribution >= 0.6 is 0 Å². The van der Waals surface area contributed by atoms with Crippen molar-refractivity contribution in [1.82, 2.24) is 9.55 Å². The van der Waals surface area contributed by atoms with E-state index in [9.17, 15) is 14.7 Å². The Morgan fingerprint density at radius 3 is 2.95 bits per heavy atom. The molecule has 2 N–H and O–H groups in total. The zero-order chi connectivity index (χ0) is 15.4. The number of aliphatic hydroxyl groups is 1. The second-order valence-electron chi connectivity index (χ2n) is 5.37. The summed E-state index contributed by atoms with van der Waals surface area (Å²) in [5.74, 6) is 0. The Kier molecular flexibility index (Phi) is 5.14. The van der Waals surface area contributed by atoms with E-state index in [-0.39, 0.29) is 11.7 Å². The van der Waals surface area contributed by atoms with Crippen molar-refractivity contribution in [2.75, 3.05) is 0 Å². The lowest BCUT2D eigenvalue weighted by atomic mass is 10.1. The van der Waals surface area contributed by atoms with Crippen LogP contribution < -0.4 is 11.2 Å². The highest BCUT2D eigenvalue weighted by atomic mass is 16.5. The molecule has 0 spiro atoms. The van der Waals surface area contributed by atoms with E-state index >= 15 is 0 Å². The van der Waals surface area contributed by atoms with Crippen LogP contribution in [-0.4, -0.2) is 26.9 Å². The molecular formula is C15H22N2O4. The number of hydrogen-bond donors (Lipinski definition) is 2. The van der Waals surface area contributed by atoms with E-state index in [1.807, 2.05) is 19.1 Å². The number of aryl methyl sites for hydroxylation is 1. The second kappa shape index (κ2) is 6.87. The summed E-state index contributed by atoms with van der Waals surface area (Å²) in [5.41, 5.74) is -0.389. The average molecular weight is 294 g/mol. The van der Waals surface area contributed by atoms with Gasteiger partial charge in [-0.1, -0.05) is 19.1 Å². The number of ether oxygens (including phenoxy) is 1. The fourth-order valence-electron chi connectivity index (χ4n) is 2.49. The van der Waals surface area contributed by atoms with Crippen LogP contribution in [0.15, 0.2) is 27.9 Å². The number of nitrogens with zero attached hydrogens (tertiary/aromatic N) is 1. The first-order valence-corrected chi connectivity index (χ1v) is 7.33. The first-order chi connectivity index (χ1) is 10.0. The van der Waals surface area contributed by atoms with Gasteiger partial charge in [-0.3, -0.25) is 14.3 Å². The molecule has 2 rings (SSSR count). The molecule has 116 valence electrons. The van der Waals surface area contributed by atoms with E-state index in [1.165, 1.54) is 10.8 Å². The van der Waals surface area contributed by atoms with Crippen molar-refractivity contribution in [2.45, 2.75) is 58.0 Å². The lowest BCUT2D eigenvalue weighted by Gasteiger charge is -2.19. The van der Waals surface area contributed by atoms with Crippen LogP contribution in [0.1, 0.15) is 44.4 Å². The first kappa shape index (κ1) is 15.7. The van der Waals surface area contributed by atoms with Crippen molar-refractivity contribution in [3.63, 3.8) is 0 Å². The molecule has 3 atom stereocenters. The zero-order valence-electron chi connectivity index (χ0n) is 12.4. The third kappa shape index (κ3) is 3.71. The minimum absolute atomic E-state index is 0.282.